The first-order valence-corrected chi connectivity index (χ1v) is 13.2. The number of hydrogen-bond donors (Lipinski definition) is 1. The van der Waals surface area contributed by atoms with Gasteiger partial charge in [0.2, 0.25) is 5.91 Å². The number of carbonyl (C=O) groups is 1. The van der Waals surface area contributed by atoms with Crippen molar-refractivity contribution in [3.05, 3.63) is 99.9 Å². The molecule has 3 aromatic rings. The summed E-state index contributed by atoms with van der Waals surface area (Å²) in [7, 11) is -2.95. The van der Waals surface area contributed by atoms with Gasteiger partial charge in [0.1, 0.15) is 11.9 Å². The zero-order valence-corrected chi connectivity index (χ0v) is 20.8. The van der Waals surface area contributed by atoms with Crippen molar-refractivity contribution in [1.29, 1.82) is 0 Å². The van der Waals surface area contributed by atoms with Gasteiger partial charge in [-0.3, -0.25) is 4.79 Å². The summed E-state index contributed by atoms with van der Waals surface area (Å²) in [4.78, 5) is 14.1. The summed E-state index contributed by atoms with van der Waals surface area (Å²) in [5.74, 6) is 3.69. The second-order valence-corrected chi connectivity index (χ2v) is 11.2. The van der Waals surface area contributed by atoms with Gasteiger partial charge in [-0.05, 0) is 73.4 Å². The number of benzene rings is 3. The molecule has 178 valence electrons. The van der Waals surface area contributed by atoms with Gasteiger partial charge in [-0.25, -0.2) is 12.9 Å². The third-order valence-corrected chi connectivity index (χ3v) is 8.89. The summed E-state index contributed by atoms with van der Waals surface area (Å²) in [5, 5.41) is 2.95. The third kappa shape index (κ3) is 4.79. The Labute approximate surface area is 202 Å². The fraction of sp³-hybridized carbons (Fsp3) is 0.286. The molecule has 6 heteroatoms. The average molecular weight is 479 g/mol. The van der Waals surface area contributed by atoms with Crippen LogP contribution in [0.25, 0.3) is 0 Å². The molecule has 34 heavy (non-hydrogen) atoms. The molecule has 1 amide bonds. The fourth-order valence-corrected chi connectivity index (χ4v) is 7.25. The molecule has 0 aromatic heterocycles. The maximum atomic E-state index is 14.3. The Morgan fingerprint density at radius 2 is 1.68 bits per heavy atom. The third-order valence-electron chi connectivity index (χ3n) is 6.46. The standard InChI is InChI=1S/C28H31FN2O2S/c1-19-15-20(2)27(21(3)16-19)34(4,33)31-18-24-11-6-5-10-23(24)17-26(31)28(32)30-14-13-22-9-7-8-12-25(22)29/h5-12,15-16,26H,4,13-14,17-18H2,1-3H3,(H,30,32). The molecule has 1 N–H and O–H groups in total. The Kier molecular flexibility index (Phi) is 6.91. The SMILES string of the molecule is C=S(=O)(c1c(C)cc(C)cc1C)N1Cc2ccccc2CC1C(=O)NCCc1ccccc1F. The van der Waals surface area contributed by atoms with Crippen LogP contribution in [0, 0.1) is 26.6 Å². The quantitative estimate of drug-likeness (QED) is 0.530. The first-order valence-electron chi connectivity index (χ1n) is 11.5. The van der Waals surface area contributed by atoms with Crippen molar-refractivity contribution >= 4 is 21.5 Å². The Hall–Kier alpha value is -2.96. The highest BCUT2D eigenvalue weighted by Crippen LogP contribution is 2.32. The Balaban J connectivity index is 1.64. The molecule has 0 saturated heterocycles. The van der Waals surface area contributed by atoms with Crippen molar-refractivity contribution in [2.45, 2.75) is 51.1 Å². The highest BCUT2D eigenvalue weighted by Gasteiger charge is 2.37. The van der Waals surface area contributed by atoms with Crippen LogP contribution in [-0.2, 0) is 33.9 Å². The van der Waals surface area contributed by atoms with E-state index in [0.29, 0.717) is 36.4 Å². The number of halogens is 1. The van der Waals surface area contributed by atoms with Gasteiger partial charge in [-0.1, -0.05) is 60.2 Å². The monoisotopic (exact) mass is 478 g/mol. The lowest BCUT2D eigenvalue weighted by Crippen LogP contribution is -2.52. The molecule has 0 radical (unpaired) electrons. The summed E-state index contributed by atoms with van der Waals surface area (Å²) in [6, 6.07) is 17.9. The molecule has 0 bridgehead atoms. The second kappa shape index (κ2) is 9.72. The number of hydrogen-bond acceptors (Lipinski definition) is 2. The first kappa shape index (κ1) is 24.2. The van der Waals surface area contributed by atoms with Gasteiger partial charge in [0.25, 0.3) is 0 Å². The number of nitrogens with zero attached hydrogens (tertiary/aromatic N) is 1. The van der Waals surface area contributed by atoms with Gasteiger partial charge in [-0.15, -0.1) is 0 Å². The molecule has 1 aliphatic heterocycles. The van der Waals surface area contributed by atoms with E-state index in [4.69, 9.17) is 0 Å². The van der Waals surface area contributed by atoms with Crippen LogP contribution in [0.5, 0.6) is 0 Å². The zero-order chi connectivity index (χ0) is 24.5. The average Bonchev–Trinajstić information content (AvgIpc) is 2.78. The highest BCUT2D eigenvalue weighted by molar-refractivity contribution is 7.98. The van der Waals surface area contributed by atoms with Crippen molar-refractivity contribution in [2.75, 3.05) is 6.54 Å². The lowest BCUT2D eigenvalue weighted by Gasteiger charge is -2.38. The van der Waals surface area contributed by atoms with Crippen LogP contribution in [0.15, 0.2) is 65.6 Å². The van der Waals surface area contributed by atoms with Gasteiger partial charge in [0.15, 0.2) is 0 Å². The molecule has 1 heterocycles. The molecule has 0 saturated carbocycles. The van der Waals surface area contributed by atoms with E-state index in [1.165, 1.54) is 6.07 Å². The number of carbonyl (C=O) groups excluding carboxylic acids is 1. The molecule has 4 nitrogen and oxygen atoms in total. The van der Waals surface area contributed by atoms with Crippen molar-refractivity contribution in [3.8, 4) is 0 Å². The summed E-state index contributed by atoms with van der Waals surface area (Å²) in [6.07, 6.45) is 0.829. The molecule has 0 aliphatic carbocycles. The van der Waals surface area contributed by atoms with Crippen molar-refractivity contribution in [3.63, 3.8) is 0 Å². The van der Waals surface area contributed by atoms with E-state index in [0.717, 1.165) is 27.8 Å². The predicted octanol–water partition coefficient (Wildman–Crippen LogP) is 4.53. The van der Waals surface area contributed by atoms with Gasteiger partial charge in [0.05, 0.1) is 14.6 Å². The predicted molar refractivity (Wildman–Crippen MR) is 137 cm³/mol. The Morgan fingerprint density at radius 1 is 1.06 bits per heavy atom. The molecule has 3 aromatic carbocycles. The number of nitrogens with one attached hydrogen (secondary N) is 1. The van der Waals surface area contributed by atoms with Crippen molar-refractivity contribution in [1.82, 2.24) is 9.62 Å². The van der Waals surface area contributed by atoms with Crippen molar-refractivity contribution in [2.24, 2.45) is 0 Å². The van der Waals surface area contributed by atoms with Crippen LogP contribution >= 0.6 is 0 Å². The fourth-order valence-electron chi connectivity index (χ4n) is 4.96. The van der Waals surface area contributed by atoms with E-state index < -0.39 is 15.7 Å². The molecular formula is C28H31FN2O2S. The molecular weight excluding hydrogens is 447 g/mol. The lowest BCUT2D eigenvalue weighted by atomic mass is 9.95. The molecule has 0 spiro atoms. The van der Waals surface area contributed by atoms with E-state index in [2.05, 4.69) is 11.2 Å². The molecule has 2 unspecified atom stereocenters. The minimum absolute atomic E-state index is 0.218. The maximum Gasteiger partial charge on any atom is 0.238 e. The largest absolute Gasteiger partial charge is 0.354 e. The van der Waals surface area contributed by atoms with E-state index in [1.54, 1.807) is 22.5 Å². The lowest BCUT2D eigenvalue weighted by molar-refractivity contribution is -0.125. The van der Waals surface area contributed by atoms with Gasteiger partial charge in [0, 0.05) is 13.1 Å². The molecule has 1 aliphatic rings. The Morgan fingerprint density at radius 3 is 2.35 bits per heavy atom. The van der Waals surface area contributed by atoms with Crippen LogP contribution in [0.2, 0.25) is 0 Å². The van der Waals surface area contributed by atoms with Crippen LogP contribution in [0.4, 0.5) is 4.39 Å². The van der Waals surface area contributed by atoms with Gasteiger partial charge >= 0.3 is 0 Å². The van der Waals surface area contributed by atoms with Crippen LogP contribution in [0.3, 0.4) is 0 Å². The number of aryl methyl sites for hydroxylation is 3. The van der Waals surface area contributed by atoms with E-state index in [1.807, 2.05) is 57.2 Å². The van der Waals surface area contributed by atoms with E-state index in [-0.39, 0.29) is 11.7 Å². The van der Waals surface area contributed by atoms with Crippen LogP contribution in [0.1, 0.15) is 33.4 Å². The second-order valence-electron chi connectivity index (χ2n) is 9.06. The van der Waals surface area contributed by atoms with Gasteiger partial charge < -0.3 is 5.32 Å². The summed E-state index contributed by atoms with van der Waals surface area (Å²) in [5.41, 5.74) is 5.60. The smallest absolute Gasteiger partial charge is 0.238 e. The number of amides is 1. The molecule has 2 atom stereocenters. The summed E-state index contributed by atoms with van der Waals surface area (Å²) in [6.45, 7) is 6.57. The summed E-state index contributed by atoms with van der Waals surface area (Å²) < 4.78 is 30.1. The summed E-state index contributed by atoms with van der Waals surface area (Å²) >= 11 is 0. The number of fused-ring (bicyclic) bond motifs is 1. The molecule has 4 rings (SSSR count). The maximum absolute atomic E-state index is 14.3. The van der Waals surface area contributed by atoms with Crippen LogP contribution < -0.4 is 5.32 Å². The molecule has 0 fully saturated rings. The van der Waals surface area contributed by atoms with Gasteiger partial charge in [-0.2, -0.15) is 0 Å². The minimum Gasteiger partial charge on any atom is -0.354 e. The van der Waals surface area contributed by atoms with E-state index >= 15 is 0 Å². The topological polar surface area (TPSA) is 49.4 Å². The van der Waals surface area contributed by atoms with E-state index in [9.17, 15) is 13.4 Å². The Bertz CT molecular complexity index is 1310. The normalized spacial score (nSPS) is 17.6. The van der Waals surface area contributed by atoms with Crippen molar-refractivity contribution < 1.29 is 13.4 Å². The zero-order valence-electron chi connectivity index (χ0n) is 19.9. The minimum atomic E-state index is -2.95. The highest BCUT2D eigenvalue weighted by atomic mass is 32.2. The van der Waals surface area contributed by atoms with Crippen LogP contribution in [-0.4, -0.2) is 32.9 Å². The number of rotatable bonds is 6. The first-order chi connectivity index (χ1) is 16.2.